The van der Waals surface area contributed by atoms with Crippen LogP contribution >= 0.6 is 11.8 Å². The van der Waals surface area contributed by atoms with E-state index in [0.29, 0.717) is 6.04 Å². The summed E-state index contributed by atoms with van der Waals surface area (Å²) in [7, 11) is 0. The number of anilines is 1. The molecule has 2 rings (SSSR count). The molecule has 92 valence electrons. The minimum Gasteiger partial charge on any atom is -0.353 e. The van der Waals surface area contributed by atoms with Crippen LogP contribution in [0.25, 0.3) is 0 Å². The van der Waals surface area contributed by atoms with E-state index < -0.39 is 0 Å². The van der Waals surface area contributed by atoms with Crippen LogP contribution in [0.4, 0.5) is 5.69 Å². The van der Waals surface area contributed by atoms with Crippen molar-refractivity contribution in [3.05, 3.63) is 29.8 Å². The summed E-state index contributed by atoms with van der Waals surface area (Å²) in [6.45, 7) is 5.14. The van der Waals surface area contributed by atoms with E-state index in [1.165, 1.54) is 11.3 Å². The molecule has 17 heavy (non-hydrogen) atoms. The molecule has 1 aliphatic rings. The Balaban J connectivity index is 1.91. The summed E-state index contributed by atoms with van der Waals surface area (Å²) in [6, 6.07) is 8.74. The Bertz CT molecular complexity index is 403. The van der Waals surface area contributed by atoms with Gasteiger partial charge in [-0.15, -0.1) is 0 Å². The summed E-state index contributed by atoms with van der Waals surface area (Å²) in [4.78, 5) is 4.50. The first-order valence-corrected chi connectivity index (χ1v) is 7.18. The van der Waals surface area contributed by atoms with E-state index in [0.717, 1.165) is 24.0 Å². The van der Waals surface area contributed by atoms with Gasteiger partial charge in [0.1, 0.15) is 0 Å². The molecule has 1 unspecified atom stereocenters. The normalized spacial score (nSPS) is 15.5. The van der Waals surface area contributed by atoms with E-state index in [4.69, 9.17) is 0 Å². The van der Waals surface area contributed by atoms with Crippen LogP contribution in [-0.2, 0) is 6.54 Å². The molecule has 1 aromatic rings. The zero-order chi connectivity index (χ0) is 12.1. The van der Waals surface area contributed by atoms with E-state index in [2.05, 4.69) is 47.7 Å². The van der Waals surface area contributed by atoms with Gasteiger partial charge in [0.05, 0.1) is 6.54 Å². The first kappa shape index (κ1) is 12.3. The highest BCUT2D eigenvalue weighted by Gasteiger charge is 2.12. The van der Waals surface area contributed by atoms with Gasteiger partial charge in [0.2, 0.25) is 0 Å². The van der Waals surface area contributed by atoms with E-state index in [9.17, 15) is 0 Å². The highest BCUT2D eigenvalue weighted by molar-refractivity contribution is 7.99. The van der Waals surface area contributed by atoms with E-state index >= 15 is 0 Å². The summed E-state index contributed by atoms with van der Waals surface area (Å²) in [5.74, 6) is 3.17. The van der Waals surface area contributed by atoms with E-state index in [1.54, 1.807) is 0 Å². The van der Waals surface area contributed by atoms with Crippen LogP contribution in [0.15, 0.2) is 29.3 Å². The number of hydrogen-bond acceptors (Lipinski definition) is 4. The van der Waals surface area contributed by atoms with Crippen molar-refractivity contribution in [2.45, 2.75) is 26.4 Å². The molecule has 0 radical (unpaired) electrons. The highest BCUT2D eigenvalue weighted by atomic mass is 32.2. The van der Waals surface area contributed by atoms with Crippen LogP contribution in [0.5, 0.6) is 0 Å². The van der Waals surface area contributed by atoms with Gasteiger partial charge in [-0.1, -0.05) is 25.1 Å². The SMILES string of the molecule is CCSCC(C)NC1=NCc2ccccc2N1. The molecular weight excluding hydrogens is 230 g/mol. The van der Waals surface area contributed by atoms with Crippen LogP contribution in [0.3, 0.4) is 0 Å². The Kier molecular flexibility index (Phi) is 4.31. The molecule has 0 amide bonds. The fourth-order valence-corrected chi connectivity index (χ4v) is 2.44. The maximum absolute atomic E-state index is 4.50. The Morgan fingerprint density at radius 1 is 1.47 bits per heavy atom. The third kappa shape index (κ3) is 3.40. The molecule has 1 aromatic carbocycles. The zero-order valence-electron chi connectivity index (χ0n) is 10.4. The first-order valence-electron chi connectivity index (χ1n) is 6.03. The van der Waals surface area contributed by atoms with Crippen LogP contribution in [-0.4, -0.2) is 23.5 Å². The number of thioether (sulfide) groups is 1. The number of rotatable bonds is 4. The molecule has 3 nitrogen and oxygen atoms in total. The van der Waals surface area contributed by atoms with Crippen LogP contribution in [0.1, 0.15) is 19.4 Å². The molecule has 0 aliphatic carbocycles. The van der Waals surface area contributed by atoms with Crippen molar-refractivity contribution in [3.8, 4) is 0 Å². The maximum Gasteiger partial charge on any atom is 0.196 e. The van der Waals surface area contributed by atoms with Crippen LogP contribution < -0.4 is 10.6 Å². The van der Waals surface area contributed by atoms with Gasteiger partial charge in [-0.05, 0) is 24.3 Å². The summed E-state index contributed by atoms with van der Waals surface area (Å²) < 4.78 is 0. The van der Waals surface area contributed by atoms with Gasteiger partial charge in [0.25, 0.3) is 0 Å². The second-order valence-corrected chi connectivity index (χ2v) is 5.47. The number of para-hydroxylation sites is 1. The summed E-state index contributed by atoms with van der Waals surface area (Å²) in [6.07, 6.45) is 0. The molecule has 4 heteroatoms. The van der Waals surface area contributed by atoms with Crippen LogP contribution in [0.2, 0.25) is 0 Å². The topological polar surface area (TPSA) is 36.4 Å². The van der Waals surface area contributed by atoms with Crippen molar-refractivity contribution in [2.24, 2.45) is 4.99 Å². The fourth-order valence-electron chi connectivity index (χ4n) is 1.76. The monoisotopic (exact) mass is 249 g/mol. The standard InChI is InChI=1S/C13H19N3S/c1-3-17-9-10(2)15-13-14-8-11-6-4-5-7-12(11)16-13/h4-7,10H,3,8-9H2,1-2H3,(H2,14,15,16). The maximum atomic E-state index is 4.50. The van der Waals surface area contributed by atoms with Crippen molar-refractivity contribution in [1.82, 2.24) is 5.32 Å². The third-order valence-electron chi connectivity index (χ3n) is 2.63. The van der Waals surface area contributed by atoms with Crippen molar-refractivity contribution in [3.63, 3.8) is 0 Å². The van der Waals surface area contributed by atoms with Crippen molar-refractivity contribution in [1.29, 1.82) is 0 Å². The van der Waals surface area contributed by atoms with E-state index in [1.807, 2.05) is 17.8 Å². The predicted octanol–water partition coefficient (Wildman–Crippen LogP) is 2.70. The number of benzene rings is 1. The summed E-state index contributed by atoms with van der Waals surface area (Å²) in [5, 5.41) is 6.75. The highest BCUT2D eigenvalue weighted by Crippen LogP contribution is 2.19. The first-order chi connectivity index (χ1) is 8.29. The average Bonchev–Trinajstić information content (AvgIpc) is 2.36. The molecule has 0 saturated carbocycles. The number of fused-ring (bicyclic) bond motifs is 1. The quantitative estimate of drug-likeness (QED) is 0.861. The smallest absolute Gasteiger partial charge is 0.196 e. The molecule has 0 fully saturated rings. The lowest BCUT2D eigenvalue weighted by molar-refractivity contribution is 0.735. The Morgan fingerprint density at radius 3 is 3.12 bits per heavy atom. The summed E-state index contributed by atoms with van der Waals surface area (Å²) >= 11 is 1.95. The van der Waals surface area contributed by atoms with Gasteiger partial charge in [0.15, 0.2) is 5.96 Å². The van der Waals surface area contributed by atoms with Crippen LogP contribution in [0, 0.1) is 0 Å². The number of aliphatic imine (C=N–C) groups is 1. The van der Waals surface area contributed by atoms with Gasteiger partial charge in [-0.2, -0.15) is 11.8 Å². The molecule has 0 saturated heterocycles. The Hall–Kier alpha value is -1.16. The molecule has 0 spiro atoms. The molecule has 1 aliphatic heterocycles. The third-order valence-corrected chi connectivity index (χ3v) is 3.78. The number of hydrogen-bond donors (Lipinski definition) is 2. The molecule has 2 N–H and O–H groups in total. The number of nitrogens with one attached hydrogen (secondary N) is 2. The fraction of sp³-hybridized carbons (Fsp3) is 0.462. The number of nitrogens with zero attached hydrogens (tertiary/aromatic N) is 1. The minimum atomic E-state index is 0.441. The van der Waals surface area contributed by atoms with E-state index in [-0.39, 0.29) is 0 Å². The van der Waals surface area contributed by atoms with Crippen molar-refractivity contribution in [2.75, 3.05) is 16.8 Å². The zero-order valence-corrected chi connectivity index (χ0v) is 11.2. The van der Waals surface area contributed by atoms with Crippen molar-refractivity contribution < 1.29 is 0 Å². The lowest BCUT2D eigenvalue weighted by Crippen LogP contribution is -2.40. The number of guanidine groups is 1. The second-order valence-electron chi connectivity index (χ2n) is 4.15. The lowest BCUT2D eigenvalue weighted by Gasteiger charge is -2.22. The Morgan fingerprint density at radius 2 is 2.29 bits per heavy atom. The van der Waals surface area contributed by atoms with Gasteiger partial charge < -0.3 is 10.6 Å². The lowest BCUT2D eigenvalue weighted by atomic mass is 10.1. The molecule has 0 aromatic heterocycles. The average molecular weight is 249 g/mol. The second kappa shape index (κ2) is 5.96. The largest absolute Gasteiger partial charge is 0.353 e. The van der Waals surface area contributed by atoms with Gasteiger partial charge in [-0.3, -0.25) is 0 Å². The minimum absolute atomic E-state index is 0.441. The van der Waals surface area contributed by atoms with Gasteiger partial charge in [0, 0.05) is 17.5 Å². The molecule has 0 bridgehead atoms. The Labute approximate surface area is 107 Å². The van der Waals surface area contributed by atoms with Crippen molar-refractivity contribution >= 4 is 23.4 Å². The van der Waals surface area contributed by atoms with Gasteiger partial charge in [-0.25, -0.2) is 4.99 Å². The van der Waals surface area contributed by atoms with Gasteiger partial charge >= 0.3 is 0 Å². The molecule has 1 atom stereocenters. The molecule has 1 heterocycles. The molecular formula is C13H19N3S. The predicted molar refractivity (Wildman–Crippen MR) is 76.8 cm³/mol. The summed E-state index contributed by atoms with van der Waals surface area (Å²) in [5.41, 5.74) is 2.42.